The van der Waals surface area contributed by atoms with Crippen LogP contribution in [0.2, 0.25) is 0 Å². The monoisotopic (exact) mass is 276 g/mol. The fourth-order valence-corrected chi connectivity index (χ4v) is 2.43. The molecule has 3 heteroatoms. The summed E-state index contributed by atoms with van der Waals surface area (Å²) in [6.45, 7) is 1.99. The fourth-order valence-electron chi connectivity index (χ4n) is 2.43. The average molecular weight is 276 g/mol. The molecule has 0 saturated heterocycles. The molecule has 2 aromatic heterocycles. The van der Waals surface area contributed by atoms with Crippen LogP contribution < -0.4 is 0 Å². The van der Waals surface area contributed by atoms with Crippen molar-refractivity contribution in [3.8, 4) is 11.3 Å². The zero-order valence-electron chi connectivity index (χ0n) is 12.1. The number of hydrogen-bond acceptors (Lipinski definition) is 3. The highest BCUT2D eigenvalue weighted by Gasteiger charge is 2.14. The number of nitrogens with zero attached hydrogens (tertiary/aromatic N) is 2. The Bertz CT molecular complexity index is 814. The van der Waals surface area contributed by atoms with Crippen LogP contribution in [-0.2, 0) is 0 Å². The maximum atomic E-state index is 6.04. The van der Waals surface area contributed by atoms with Crippen LogP contribution in [0.5, 0.6) is 0 Å². The normalized spacial score (nSPS) is 11.9. The second-order valence-corrected chi connectivity index (χ2v) is 4.66. The van der Waals surface area contributed by atoms with E-state index in [1.807, 2.05) is 49.4 Å². The van der Waals surface area contributed by atoms with E-state index in [2.05, 4.69) is 16.0 Å². The Hall–Kier alpha value is -2.68. The fraction of sp³-hybridized carbons (Fsp3) is 0.111. The molecule has 3 aromatic rings. The summed E-state index contributed by atoms with van der Waals surface area (Å²) < 4.78 is 6.04. The van der Waals surface area contributed by atoms with Crippen molar-refractivity contribution in [2.45, 2.75) is 6.92 Å². The maximum Gasteiger partial charge on any atom is 0.153 e. The van der Waals surface area contributed by atoms with Crippen LogP contribution in [0, 0.1) is 0 Å². The molecular formula is C18H16N2O. The Labute approximate surface area is 123 Å². The lowest BCUT2D eigenvalue weighted by Gasteiger charge is -2.00. The zero-order valence-corrected chi connectivity index (χ0v) is 12.1. The topological polar surface area (TPSA) is 38.4 Å². The van der Waals surface area contributed by atoms with Gasteiger partial charge in [0.15, 0.2) is 5.76 Å². The number of pyridine rings is 1. The average Bonchev–Trinajstić information content (AvgIpc) is 2.87. The third-order valence-corrected chi connectivity index (χ3v) is 3.30. The Morgan fingerprint density at radius 3 is 2.76 bits per heavy atom. The molecule has 0 atom stereocenters. The number of fused-ring (bicyclic) bond motifs is 1. The number of para-hydroxylation sites is 1. The number of rotatable bonds is 3. The molecule has 0 aliphatic carbocycles. The zero-order chi connectivity index (χ0) is 14.7. The molecule has 0 N–H and O–H groups in total. The highest BCUT2D eigenvalue weighted by atomic mass is 16.3. The van der Waals surface area contributed by atoms with Crippen molar-refractivity contribution in [2.24, 2.45) is 4.99 Å². The van der Waals surface area contributed by atoms with Crippen molar-refractivity contribution >= 4 is 23.3 Å². The first-order valence-electron chi connectivity index (χ1n) is 6.87. The molecule has 0 aliphatic heterocycles. The van der Waals surface area contributed by atoms with Gasteiger partial charge in [-0.1, -0.05) is 30.4 Å². The van der Waals surface area contributed by atoms with Crippen LogP contribution in [0.1, 0.15) is 18.2 Å². The maximum absolute atomic E-state index is 6.04. The van der Waals surface area contributed by atoms with Gasteiger partial charge < -0.3 is 4.42 Å². The number of furan rings is 1. The lowest BCUT2D eigenvalue weighted by atomic mass is 10.0. The molecule has 1 aromatic carbocycles. The van der Waals surface area contributed by atoms with Crippen LogP contribution in [0.4, 0.5) is 0 Å². The van der Waals surface area contributed by atoms with E-state index in [0.29, 0.717) is 0 Å². The van der Waals surface area contributed by atoms with Gasteiger partial charge in [-0.25, -0.2) is 0 Å². The Balaban J connectivity index is 2.32. The van der Waals surface area contributed by atoms with Gasteiger partial charge in [0.1, 0.15) is 5.58 Å². The summed E-state index contributed by atoms with van der Waals surface area (Å²) >= 11 is 0. The van der Waals surface area contributed by atoms with Gasteiger partial charge in [0.05, 0.1) is 11.9 Å². The van der Waals surface area contributed by atoms with Crippen molar-refractivity contribution in [1.82, 2.24) is 4.98 Å². The molecule has 3 nitrogen and oxygen atoms in total. The van der Waals surface area contributed by atoms with E-state index >= 15 is 0 Å². The van der Waals surface area contributed by atoms with E-state index in [9.17, 15) is 0 Å². The van der Waals surface area contributed by atoms with Gasteiger partial charge in [0.2, 0.25) is 0 Å². The van der Waals surface area contributed by atoms with Crippen LogP contribution in [-0.4, -0.2) is 18.2 Å². The van der Waals surface area contributed by atoms with Gasteiger partial charge in [-0.3, -0.25) is 9.98 Å². The summed E-state index contributed by atoms with van der Waals surface area (Å²) in [5.41, 5.74) is 3.80. The molecule has 0 amide bonds. The van der Waals surface area contributed by atoms with Crippen LogP contribution in [0.15, 0.2) is 58.1 Å². The quantitative estimate of drug-likeness (QED) is 0.657. The van der Waals surface area contributed by atoms with Crippen LogP contribution >= 0.6 is 0 Å². The number of aliphatic imine (C=N–C) groups is 1. The summed E-state index contributed by atoms with van der Waals surface area (Å²) in [5.74, 6) is 0.772. The number of allylic oxidation sites excluding steroid dienone is 1. The van der Waals surface area contributed by atoms with E-state index in [0.717, 1.165) is 33.6 Å². The standard InChI is InChI=1S/C18H16N2O/c1-3-7-13-14-8-6-9-15(16-10-4-5-11-20-16)18(14)21-17(13)12-19-2/h3-12H,1-2H3/b7-3-,19-12?. The Kier molecular flexibility index (Phi) is 3.65. The van der Waals surface area contributed by atoms with Crippen LogP contribution in [0.25, 0.3) is 28.3 Å². The minimum Gasteiger partial charge on any atom is -0.454 e. The molecule has 0 spiro atoms. The molecule has 21 heavy (non-hydrogen) atoms. The summed E-state index contributed by atoms with van der Waals surface area (Å²) in [5, 5.41) is 1.08. The van der Waals surface area contributed by atoms with E-state index < -0.39 is 0 Å². The summed E-state index contributed by atoms with van der Waals surface area (Å²) in [6, 6.07) is 12.0. The SMILES string of the molecule is C/C=C\c1c(C=NC)oc2c(-c3ccccn3)cccc12. The first-order chi connectivity index (χ1) is 10.3. The lowest BCUT2D eigenvalue weighted by Crippen LogP contribution is -1.82. The lowest BCUT2D eigenvalue weighted by molar-refractivity contribution is 0.607. The highest BCUT2D eigenvalue weighted by Crippen LogP contribution is 2.33. The first kappa shape index (κ1) is 13.3. The molecule has 3 rings (SSSR count). The summed E-state index contributed by atoms with van der Waals surface area (Å²) in [7, 11) is 1.74. The molecule has 104 valence electrons. The minimum absolute atomic E-state index is 0.772. The molecular weight excluding hydrogens is 260 g/mol. The van der Waals surface area contributed by atoms with Crippen molar-refractivity contribution in [1.29, 1.82) is 0 Å². The molecule has 0 unspecified atom stereocenters. The number of hydrogen-bond donors (Lipinski definition) is 0. The molecule has 0 bridgehead atoms. The molecule has 0 saturated carbocycles. The minimum atomic E-state index is 0.772. The number of aromatic nitrogens is 1. The molecule has 2 heterocycles. The van der Waals surface area contributed by atoms with Gasteiger partial charge >= 0.3 is 0 Å². The Morgan fingerprint density at radius 1 is 1.14 bits per heavy atom. The van der Waals surface area contributed by atoms with Gasteiger partial charge in [0.25, 0.3) is 0 Å². The van der Waals surface area contributed by atoms with Crippen molar-refractivity contribution in [2.75, 3.05) is 7.05 Å². The van der Waals surface area contributed by atoms with Gasteiger partial charge in [0, 0.05) is 29.8 Å². The summed E-state index contributed by atoms with van der Waals surface area (Å²) in [6.07, 6.45) is 7.59. The number of benzene rings is 1. The predicted molar refractivity (Wildman–Crippen MR) is 87.7 cm³/mol. The largest absolute Gasteiger partial charge is 0.454 e. The molecule has 0 fully saturated rings. The van der Waals surface area contributed by atoms with Crippen molar-refractivity contribution in [3.05, 3.63) is 60.0 Å². The van der Waals surface area contributed by atoms with Crippen molar-refractivity contribution < 1.29 is 4.42 Å². The second kappa shape index (κ2) is 5.75. The van der Waals surface area contributed by atoms with E-state index in [1.165, 1.54) is 0 Å². The first-order valence-corrected chi connectivity index (χ1v) is 6.87. The van der Waals surface area contributed by atoms with Crippen LogP contribution in [0.3, 0.4) is 0 Å². The molecule has 0 aliphatic rings. The second-order valence-electron chi connectivity index (χ2n) is 4.66. The smallest absolute Gasteiger partial charge is 0.153 e. The van der Waals surface area contributed by atoms with E-state index in [4.69, 9.17) is 4.42 Å². The molecule has 0 radical (unpaired) electrons. The third kappa shape index (κ3) is 2.38. The van der Waals surface area contributed by atoms with Crippen molar-refractivity contribution in [3.63, 3.8) is 0 Å². The predicted octanol–water partition coefficient (Wildman–Crippen LogP) is 4.58. The Morgan fingerprint density at radius 2 is 2.05 bits per heavy atom. The van der Waals surface area contributed by atoms with Gasteiger partial charge in [-0.15, -0.1) is 0 Å². The highest BCUT2D eigenvalue weighted by molar-refractivity contribution is 6.01. The van der Waals surface area contributed by atoms with Gasteiger partial charge in [-0.2, -0.15) is 0 Å². The summed E-state index contributed by atoms with van der Waals surface area (Å²) in [4.78, 5) is 8.50. The van der Waals surface area contributed by atoms with Gasteiger partial charge in [-0.05, 0) is 25.1 Å². The van der Waals surface area contributed by atoms with E-state index in [-0.39, 0.29) is 0 Å². The third-order valence-electron chi connectivity index (χ3n) is 3.30. The van der Waals surface area contributed by atoms with E-state index in [1.54, 1.807) is 19.5 Å².